The number of rotatable bonds is 2. The SMILES string of the molecule is CC(C)(C)OC(=O)N1[C@H](C(=O)NS(C)(=O)=O)C[C@@H]2CCCC[C@@H]21. The van der Waals surface area contributed by atoms with E-state index in [1.165, 1.54) is 4.90 Å². The van der Waals surface area contributed by atoms with Crippen LogP contribution < -0.4 is 4.72 Å². The van der Waals surface area contributed by atoms with Crippen molar-refractivity contribution >= 4 is 22.0 Å². The number of amides is 2. The predicted molar refractivity (Wildman–Crippen MR) is 85.2 cm³/mol. The van der Waals surface area contributed by atoms with Crippen LogP contribution in [0.4, 0.5) is 4.79 Å². The molecule has 23 heavy (non-hydrogen) atoms. The highest BCUT2D eigenvalue weighted by atomic mass is 32.2. The molecule has 0 aromatic rings. The van der Waals surface area contributed by atoms with E-state index >= 15 is 0 Å². The van der Waals surface area contributed by atoms with E-state index in [0.717, 1.165) is 31.9 Å². The molecule has 3 atom stereocenters. The summed E-state index contributed by atoms with van der Waals surface area (Å²) in [5.74, 6) is -0.417. The molecule has 1 aliphatic heterocycles. The lowest BCUT2D eigenvalue weighted by molar-refractivity contribution is -0.124. The molecule has 0 aromatic heterocycles. The van der Waals surface area contributed by atoms with E-state index < -0.39 is 33.7 Å². The highest BCUT2D eigenvalue weighted by Crippen LogP contribution is 2.40. The molecule has 2 fully saturated rings. The Labute approximate surface area is 137 Å². The Kier molecular flexibility index (Phi) is 4.94. The zero-order valence-electron chi connectivity index (χ0n) is 14.2. The van der Waals surface area contributed by atoms with Gasteiger partial charge in [-0.05, 0) is 46.0 Å². The van der Waals surface area contributed by atoms with Crippen LogP contribution >= 0.6 is 0 Å². The normalized spacial score (nSPS) is 28.2. The third-order valence-corrected chi connectivity index (χ3v) is 4.85. The lowest BCUT2D eigenvalue weighted by atomic mass is 9.85. The maximum Gasteiger partial charge on any atom is 0.411 e. The van der Waals surface area contributed by atoms with Crippen molar-refractivity contribution in [1.29, 1.82) is 0 Å². The summed E-state index contributed by atoms with van der Waals surface area (Å²) in [6, 6.07) is -0.832. The number of carbonyl (C=O) groups is 2. The predicted octanol–water partition coefficient (Wildman–Crippen LogP) is 1.63. The van der Waals surface area contributed by atoms with Crippen LogP contribution in [0.1, 0.15) is 52.9 Å². The van der Waals surface area contributed by atoms with Gasteiger partial charge >= 0.3 is 6.09 Å². The molecular weight excluding hydrogens is 320 g/mol. The van der Waals surface area contributed by atoms with E-state index in [0.29, 0.717) is 6.42 Å². The average Bonchev–Trinajstić information content (AvgIpc) is 2.73. The van der Waals surface area contributed by atoms with Crippen LogP contribution in [0.2, 0.25) is 0 Å². The quantitative estimate of drug-likeness (QED) is 0.820. The van der Waals surface area contributed by atoms with Crippen molar-refractivity contribution < 1.29 is 22.7 Å². The van der Waals surface area contributed by atoms with Crippen molar-refractivity contribution in [2.75, 3.05) is 6.26 Å². The highest BCUT2D eigenvalue weighted by Gasteiger charge is 2.49. The number of carbonyl (C=O) groups excluding carboxylic acids is 2. The fourth-order valence-corrected chi connectivity index (χ4v) is 4.02. The number of nitrogens with zero attached hydrogens (tertiary/aromatic N) is 1. The van der Waals surface area contributed by atoms with Gasteiger partial charge in [0.05, 0.1) is 6.26 Å². The third-order valence-electron chi connectivity index (χ3n) is 4.28. The van der Waals surface area contributed by atoms with Crippen molar-refractivity contribution in [3.05, 3.63) is 0 Å². The number of likely N-dealkylation sites (tertiary alicyclic amines) is 1. The highest BCUT2D eigenvalue weighted by molar-refractivity contribution is 7.89. The summed E-state index contributed by atoms with van der Waals surface area (Å²) in [7, 11) is -3.66. The fourth-order valence-electron chi connectivity index (χ4n) is 3.52. The molecule has 0 unspecified atom stereocenters. The molecule has 0 radical (unpaired) electrons. The van der Waals surface area contributed by atoms with Gasteiger partial charge in [0.25, 0.3) is 5.91 Å². The Morgan fingerprint density at radius 1 is 1.17 bits per heavy atom. The van der Waals surface area contributed by atoms with Crippen LogP contribution in [0, 0.1) is 5.92 Å². The Morgan fingerprint density at radius 3 is 2.35 bits per heavy atom. The number of hydrogen-bond donors (Lipinski definition) is 1. The van der Waals surface area contributed by atoms with Crippen molar-refractivity contribution in [3.63, 3.8) is 0 Å². The fraction of sp³-hybridized carbons (Fsp3) is 0.867. The molecule has 8 heteroatoms. The number of fused-ring (bicyclic) bond motifs is 1. The molecule has 1 aliphatic carbocycles. The lowest BCUT2D eigenvalue weighted by Crippen LogP contribution is -2.51. The molecule has 2 rings (SSSR count). The van der Waals surface area contributed by atoms with Gasteiger partial charge in [-0.1, -0.05) is 12.8 Å². The van der Waals surface area contributed by atoms with E-state index in [4.69, 9.17) is 4.74 Å². The first kappa shape index (κ1) is 18.0. The number of hydrogen-bond acceptors (Lipinski definition) is 5. The summed E-state index contributed by atoms with van der Waals surface area (Å²) in [5, 5.41) is 0. The van der Waals surface area contributed by atoms with Crippen molar-refractivity contribution in [1.82, 2.24) is 9.62 Å². The molecule has 0 spiro atoms. The standard InChI is InChI=1S/C15H26N2O5S/c1-15(2,3)22-14(19)17-11-8-6-5-7-10(11)9-12(17)13(18)16-23(4,20)21/h10-12H,5-9H2,1-4H3,(H,16,18)/t10-,11-,12-/m0/s1. The Morgan fingerprint density at radius 2 is 1.78 bits per heavy atom. The maximum atomic E-state index is 12.6. The van der Waals surface area contributed by atoms with Crippen LogP contribution in [0.25, 0.3) is 0 Å². The molecule has 1 saturated carbocycles. The van der Waals surface area contributed by atoms with Crippen LogP contribution in [0.15, 0.2) is 0 Å². The van der Waals surface area contributed by atoms with Gasteiger partial charge < -0.3 is 4.74 Å². The number of ether oxygens (including phenoxy) is 1. The molecule has 1 heterocycles. The van der Waals surface area contributed by atoms with Gasteiger partial charge in [0.2, 0.25) is 10.0 Å². The van der Waals surface area contributed by atoms with Gasteiger partial charge in [-0.25, -0.2) is 13.2 Å². The second-order valence-corrected chi connectivity index (χ2v) is 9.24. The van der Waals surface area contributed by atoms with Gasteiger partial charge in [-0.3, -0.25) is 14.4 Å². The van der Waals surface area contributed by atoms with E-state index in [9.17, 15) is 18.0 Å². The molecule has 2 aliphatic rings. The van der Waals surface area contributed by atoms with Crippen LogP contribution in [-0.2, 0) is 19.6 Å². The van der Waals surface area contributed by atoms with E-state index in [-0.39, 0.29) is 12.0 Å². The van der Waals surface area contributed by atoms with Gasteiger partial charge in [0.1, 0.15) is 11.6 Å². The molecule has 0 aromatic carbocycles. The summed E-state index contributed by atoms with van der Waals surface area (Å²) >= 11 is 0. The first-order valence-electron chi connectivity index (χ1n) is 8.01. The molecule has 7 nitrogen and oxygen atoms in total. The minimum absolute atomic E-state index is 0.0473. The third kappa shape index (κ3) is 4.59. The minimum Gasteiger partial charge on any atom is -0.444 e. The molecule has 1 saturated heterocycles. The molecule has 132 valence electrons. The van der Waals surface area contributed by atoms with Gasteiger partial charge in [0.15, 0.2) is 0 Å². The zero-order chi connectivity index (χ0) is 17.4. The molecule has 2 amide bonds. The van der Waals surface area contributed by atoms with E-state index in [2.05, 4.69) is 0 Å². The van der Waals surface area contributed by atoms with Crippen molar-refractivity contribution in [2.45, 2.75) is 70.6 Å². The van der Waals surface area contributed by atoms with Crippen LogP contribution in [0.5, 0.6) is 0 Å². The number of nitrogens with one attached hydrogen (secondary N) is 1. The molecular formula is C15H26N2O5S. The molecule has 0 bridgehead atoms. The smallest absolute Gasteiger partial charge is 0.411 e. The number of sulfonamides is 1. The summed E-state index contributed by atoms with van der Waals surface area (Å²) < 4.78 is 30.1. The van der Waals surface area contributed by atoms with Crippen molar-refractivity contribution in [2.24, 2.45) is 5.92 Å². The van der Waals surface area contributed by atoms with E-state index in [1.54, 1.807) is 20.8 Å². The second-order valence-electron chi connectivity index (χ2n) is 7.49. The first-order valence-corrected chi connectivity index (χ1v) is 9.90. The summed E-state index contributed by atoms with van der Waals surface area (Å²) in [6.07, 6.45) is 4.74. The maximum absolute atomic E-state index is 12.6. The van der Waals surface area contributed by atoms with Gasteiger partial charge in [-0.2, -0.15) is 0 Å². The lowest BCUT2D eigenvalue weighted by Gasteiger charge is -2.34. The summed E-state index contributed by atoms with van der Waals surface area (Å²) in [4.78, 5) is 26.4. The van der Waals surface area contributed by atoms with Crippen LogP contribution in [-0.4, -0.2) is 49.3 Å². The minimum atomic E-state index is -3.66. The van der Waals surface area contributed by atoms with Gasteiger partial charge in [-0.15, -0.1) is 0 Å². The Bertz CT molecular complexity index is 581. The topological polar surface area (TPSA) is 92.8 Å². The zero-order valence-corrected chi connectivity index (χ0v) is 15.0. The largest absolute Gasteiger partial charge is 0.444 e. The Hall–Kier alpha value is -1.31. The first-order chi connectivity index (χ1) is 10.5. The Balaban J connectivity index is 2.23. The van der Waals surface area contributed by atoms with Crippen LogP contribution in [0.3, 0.4) is 0 Å². The molecule has 1 N–H and O–H groups in total. The monoisotopic (exact) mass is 346 g/mol. The second kappa shape index (κ2) is 6.30. The average molecular weight is 346 g/mol. The van der Waals surface area contributed by atoms with Gasteiger partial charge in [0, 0.05) is 6.04 Å². The summed E-state index contributed by atoms with van der Waals surface area (Å²) in [5.41, 5.74) is -0.665. The van der Waals surface area contributed by atoms with E-state index in [1.807, 2.05) is 4.72 Å². The van der Waals surface area contributed by atoms with Crippen molar-refractivity contribution in [3.8, 4) is 0 Å². The summed E-state index contributed by atoms with van der Waals surface area (Å²) in [6.45, 7) is 5.31.